The quantitative estimate of drug-likeness (QED) is 0.706. The van der Waals surface area contributed by atoms with Gasteiger partial charge >= 0.3 is 0 Å². The number of benzene rings is 2. The summed E-state index contributed by atoms with van der Waals surface area (Å²) in [5.41, 5.74) is 5.36. The van der Waals surface area contributed by atoms with E-state index in [0.29, 0.717) is 0 Å². The molecule has 0 amide bonds. The highest BCUT2D eigenvalue weighted by atomic mass is 16.3. The summed E-state index contributed by atoms with van der Waals surface area (Å²) >= 11 is 0. The molecule has 0 fully saturated rings. The fraction of sp³-hybridized carbons (Fsp3) is 0.105. The van der Waals surface area contributed by atoms with Gasteiger partial charge in [-0.25, -0.2) is 0 Å². The monoisotopic (exact) mass is 290 g/mol. The number of hydrogen-bond donors (Lipinski definition) is 1. The molecule has 0 saturated heterocycles. The molecule has 1 N–H and O–H groups in total. The van der Waals surface area contributed by atoms with Crippen LogP contribution in [-0.4, -0.2) is 15.9 Å². The molecule has 3 heteroatoms. The minimum atomic E-state index is 0.265. The molecule has 2 aromatic carbocycles. The maximum Gasteiger partial charge on any atom is 0.115 e. The van der Waals surface area contributed by atoms with Crippen molar-refractivity contribution in [3.8, 4) is 11.4 Å². The summed E-state index contributed by atoms with van der Waals surface area (Å²) in [6.07, 6.45) is 3.85. The van der Waals surface area contributed by atoms with E-state index in [1.807, 2.05) is 47.3 Å². The first kappa shape index (κ1) is 14.1. The van der Waals surface area contributed by atoms with E-state index in [4.69, 9.17) is 0 Å². The van der Waals surface area contributed by atoms with Crippen molar-refractivity contribution in [3.05, 3.63) is 77.6 Å². The normalized spacial score (nSPS) is 11.2. The lowest BCUT2D eigenvalue weighted by Gasteiger charge is -2.06. The summed E-state index contributed by atoms with van der Waals surface area (Å²) in [7, 11) is 0. The summed E-state index contributed by atoms with van der Waals surface area (Å²) < 4.78 is 2.03. The Bertz CT molecular complexity index is 814. The summed E-state index contributed by atoms with van der Waals surface area (Å²) in [5.74, 6) is 0.265. The molecule has 22 heavy (non-hydrogen) atoms. The van der Waals surface area contributed by atoms with Crippen LogP contribution >= 0.6 is 0 Å². The second kappa shape index (κ2) is 5.90. The maximum atomic E-state index is 9.39. The third-order valence-electron chi connectivity index (χ3n) is 3.60. The fourth-order valence-corrected chi connectivity index (χ4v) is 2.43. The summed E-state index contributed by atoms with van der Waals surface area (Å²) in [6, 6.07) is 17.4. The lowest BCUT2D eigenvalue weighted by atomic mass is 10.1. The Balaban J connectivity index is 1.92. The van der Waals surface area contributed by atoms with Gasteiger partial charge in [0.1, 0.15) is 5.75 Å². The molecule has 0 saturated carbocycles. The van der Waals surface area contributed by atoms with Gasteiger partial charge in [-0.3, -0.25) is 4.99 Å². The number of phenols is 1. The zero-order valence-electron chi connectivity index (χ0n) is 12.7. The number of phenolic OH excluding ortho intramolecular Hbond substituents is 1. The van der Waals surface area contributed by atoms with Crippen molar-refractivity contribution >= 4 is 11.9 Å². The molecule has 0 aliphatic heterocycles. The molecule has 0 aliphatic rings. The van der Waals surface area contributed by atoms with Gasteiger partial charge < -0.3 is 9.67 Å². The molecule has 0 bridgehead atoms. The second-order valence-electron chi connectivity index (χ2n) is 5.37. The highest BCUT2D eigenvalue weighted by molar-refractivity contribution is 5.81. The molecule has 0 radical (unpaired) electrons. The first-order valence-corrected chi connectivity index (χ1v) is 7.21. The van der Waals surface area contributed by atoms with E-state index >= 15 is 0 Å². The number of aromatic hydroxyl groups is 1. The molecule has 0 atom stereocenters. The number of aliphatic imine (C=N–C) groups is 1. The zero-order chi connectivity index (χ0) is 15.5. The van der Waals surface area contributed by atoms with Crippen molar-refractivity contribution in [3.63, 3.8) is 0 Å². The van der Waals surface area contributed by atoms with Crippen LogP contribution in [0.2, 0.25) is 0 Å². The van der Waals surface area contributed by atoms with Gasteiger partial charge in [-0.1, -0.05) is 17.7 Å². The van der Waals surface area contributed by atoms with E-state index in [-0.39, 0.29) is 5.75 Å². The minimum Gasteiger partial charge on any atom is -0.508 e. The predicted molar refractivity (Wildman–Crippen MR) is 90.6 cm³/mol. The van der Waals surface area contributed by atoms with Gasteiger partial charge in [0.25, 0.3) is 0 Å². The summed E-state index contributed by atoms with van der Waals surface area (Å²) in [6.45, 7) is 4.15. The lowest BCUT2D eigenvalue weighted by Crippen LogP contribution is -1.97. The number of aryl methyl sites for hydroxylation is 2. The van der Waals surface area contributed by atoms with Gasteiger partial charge in [0.05, 0.1) is 17.6 Å². The molecule has 110 valence electrons. The summed E-state index contributed by atoms with van der Waals surface area (Å²) in [4.78, 5) is 4.60. The van der Waals surface area contributed by atoms with Gasteiger partial charge in [-0.05, 0) is 61.9 Å². The van der Waals surface area contributed by atoms with Crippen molar-refractivity contribution < 1.29 is 5.11 Å². The molecule has 1 heterocycles. The van der Waals surface area contributed by atoms with Crippen molar-refractivity contribution in [1.29, 1.82) is 0 Å². The van der Waals surface area contributed by atoms with Gasteiger partial charge in [-0.15, -0.1) is 0 Å². The van der Waals surface area contributed by atoms with Gasteiger partial charge in [0, 0.05) is 11.9 Å². The van der Waals surface area contributed by atoms with Gasteiger partial charge in [0.2, 0.25) is 0 Å². The van der Waals surface area contributed by atoms with Crippen LogP contribution in [0.3, 0.4) is 0 Å². The molecular formula is C19H18N2O. The van der Waals surface area contributed by atoms with Gasteiger partial charge in [-0.2, -0.15) is 0 Å². The van der Waals surface area contributed by atoms with Crippen LogP contribution in [0.5, 0.6) is 5.75 Å². The second-order valence-corrected chi connectivity index (χ2v) is 5.37. The average Bonchev–Trinajstić information content (AvgIpc) is 2.95. The highest BCUT2D eigenvalue weighted by Crippen LogP contribution is 2.20. The van der Waals surface area contributed by atoms with Crippen LogP contribution in [0.1, 0.15) is 16.8 Å². The van der Waals surface area contributed by atoms with E-state index in [2.05, 4.69) is 31.0 Å². The Labute approximate surface area is 130 Å². The van der Waals surface area contributed by atoms with E-state index < -0.39 is 0 Å². The first-order chi connectivity index (χ1) is 10.6. The molecule has 3 aromatic rings. The molecular weight excluding hydrogens is 272 g/mol. The number of aromatic nitrogens is 1. The van der Waals surface area contributed by atoms with Crippen LogP contribution in [0, 0.1) is 13.8 Å². The predicted octanol–water partition coefficient (Wildman–Crippen LogP) is 4.55. The Kier molecular flexibility index (Phi) is 3.79. The van der Waals surface area contributed by atoms with E-state index in [1.54, 1.807) is 12.1 Å². The van der Waals surface area contributed by atoms with E-state index in [1.165, 1.54) is 11.1 Å². The van der Waals surface area contributed by atoms with Crippen molar-refractivity contribution in [2.24, 2.45) is 4.99 Å². The highest BCUT2D eigenvalue weighted by Gasteiger charge is 2.02. The standard InChI is InChI=1S/C19H18N2O/c1-14-5-10-19(15(2)12-14)20-13-17-4-3-11-21(17)16-6-8-18(22)9-7-16/h3-13,22H,1-2H3. The molecule has 0 unspecified atom stereocenters. The Morgan fingerprint density at radius 3 is 2.50 bits per heavy atom. The van der Waals surface area contributed by atoms with Crippen LogP contribution in [0.25, 0.3) is 5.69 Å². The van der Waals surface area contributed by atoms with Crippen LogP contribution in [0.4, 0.5) is 5.69 Å². The number of hydrogen-bond acceptors (Lipinski definition) is 2. The first-order valence-electron chi connectivity index (χ1n) is 7.21. The van der Waals surface area contributed by atoms with Crippen molar-refractivity contribution in [1.82, 2.24) is 4.57 Å². The third-order valence-corrected chi connectivity index (χ3v) is 3.60. The van der Waals surface area contributed by atoms with Crippen molar-refractivity contribution in [2.45, 2.75) is 13.8 Å². The largest absolute Gasteiger partial charge is 0.508 e. The molecule has 0 aliphatic carbocycles. The molecule has 0 spiro atoms. The van der Waals surface area contributed by atoms with E-state index in [0.717, 1.165) is 17.1 Å². The topological polar surface area (TPSA) is 37.5 Å². The molecule has 1 aromatic heterocycles. The Morgan fingerprint density at radius 2 is 1.77 bits per heavy atom. The maximum absolute atomic E-state index is 9.39. The summed E-state index contributed by atoms with van der Waals surface area (Å²) in [5, 5.41) is 9.39. The van der Waals surface area contributed by atoms with Crippen LogP contribution < -0.4 is 0 Å². The molecule has 3 nitrogen and oxygen atoms in total. The smallest absolute Gasteiger partial charge is 0.115 e. The van der Waals surface area contributed by atoms with E-state index in [9.17, 15) is 5.11 Å². The Hall–Kier alpha value is -2.81. The van der Waals surface area contributed by atoms with Crippen LogP contribution in [-0.2, 0) is 0 Å². The fourth-order valence-electron chi connectivity index (χ4n) is 2.43. The minimum absolute atomic E-state index is 0.265. The van der Waals surface area contributed by atoms with Crippen LogP contribution in [0.15, 0.2) is 65.8 Å². The Morgan fingerprint density at radius 1 is 1.00 bits per heavy atom. The zero-order valence-corrected chi connectivity index (χ0v) is 12.7. The number of rotatable bonds is 3. The molecule has 3 rings (SSSR count). The third kappa shape index (κ3) is 2.93. The number of nitrogens with zero attached hydrogens (tertiary/aromatic N) is 2. The average molecular weight is 290 g/mol. The van der Waals surface area contributed by atoms with Crippen molar-refractivity contribution in [2.75, 3.05) is 0 Å². The van der Waals surface area contributed by atoms with Gasteiger partial charge in [0.15, 0.2) is 0 Å². The SMILES string of the molecule is Cc1ccc(N=Cc2cccn2-c2ccc(O)cc2)c(C)c1. The lowest BCUT2D eigenvalue weighted by molar-refractivity contribution is 0.475.